The van der Waals surface area contributed by atoms with Crippen molar-refractivity contribution < 1.29 is 14.3 Å². The minimum Gasteiger partial charge on any atom is -0.425 e. The number of nitrogens with zero attached hydrogens (tertiary/aromatic N) is 1. The monoisotopic (exact) mass is 416 g/mol. The van der Waals surface area contributed by atoms with E-state index in [9.17, 15) is 14.9 Å². The zero-order valence-electron chi connectivity index (χ0n) is 15.2. The van der Waals surface area contributed by atoms with Gasteiger partial charge in [-0.25, -0.2) is 0 Å². The molecule has 0 aromatic heterocycles. The molecular weight excluding hydrogens is 399 g/mol. The number of carbonyl (C=O) groups is 2. The molecule has 1 aliphatic carbocycles. The van der Waals surface area contributed by atoms with E-state index in [-0.39, 0.29) is 17.2 Å². The first-order valence-electron chi connectivity index (χ1n) is 8.85. The Hall–Kier alpha value is -2.55. The van der Waals surface area contributed by atoms with Gasteiger partial charge in [-0.15, -0.1) is 0 Å². The Morgan fingerprint density at radius 1 is 1.14 bits per heavy atom. The number of rotatable bonds is 4. The largest absolute Gasteiger partial charge is 0.425 e. The SMILES string of the molecule is CC(=O)Oc1ccc(NC(=O)C2(c3ccc(Cl)cc3Cl)CCCC2)cc1C#N. The summed E-state index contributed by atoms with van der Waals surface area (Å²) in [7, 11) is 0. The maximum absolute atomic E-state index is 13.3. The molecule has 1 fully saturated rings. The number of nitriles is 1. The number of amides is 1. The van der Waals surface area contributed by atoms with Crippen LogP contribution in [0.3, 0.4) is 0 Å². The third kappa shape index (κ3) is 3.99. The summed E-state index contributed by atoms with van der Waals surface area (Å²) in [6, 6.07) is 11.7. The average molecular weight is 417 g/mol. The molecule has 2 aromatic carbocycles. The Bertz CT molecular complexity index is 976. The van der Waals surface area contributed by atoms with Gasteiger partial charge in [0.05, 0.1) is 11.0 Å². The number of ether oxygens (including phenoxy) is 1. The summed E-state index contributed by atoms with van der Waals surface area (Å²) < 4.78 is 5.01. The second-order valence-corrected chi connectivity index (χ2v) is 7.63. The van der Waals surface area contributed by atoms with Crippen molar-refractivity contribution in [3.05, 3.63) is 57.6 Å². The summed E-state index contributed by atoms with van der Waals surface area (Å²) in [5.41, 5.74) is 0.626. The first-order valence-corrected chi connectivity index (χ1v) is 9.61. The Labute approximate surface area is 173 Å². The van der Waals surface area contributed by atoms with E-state index in [0.29, 0.717) is 28.6 Å². The molecule has 0 heterocycles. The van der Waals surface area contributed by atoms with Crippen molar-refractivity contribution in [2.45, 2.75) is 38.0 Å². The van der Waals surface area contributed by atoms with E-state index in [4.69, 9.17) is 27.9 Å². The van der Waals surface area contributed by atoms with Crippen LogP contribution < -0.4 is 10.1 Å². The fraction of sp³-hybridized carbons (Fsp3) is 0.286. The molecule has 2 aromatic rings. The summed E-state index contributed by atoms with van der Waals surface area (Å²) in [5.74, 6) is -0.543. The van der Waals surface area contributed by atoms with Gasteiger partial charge in [-0.1, -0.05) is 42.1 Å². The normalized spacial score (nSPS) is 14.9. The average Bonchev–Trinajstić information content (AvgIpc) is 3.13. The van der Waals surface area contributed by atoms with Crippen LogP contribution in [0.25, 0.3) is 0 Å². The molecule has 144 valence electrons. The number of anilines is 1. The second-order valence-electron chi connectivity index (χ2n) is 6.78. The number of benzene rings is 2. The van der Waals surface area contributed by atoms with Crippen LogP contribution in [0.5, 0.6) is 5.75 Å². The summed E-state index contributed by atoms with van der Waals surface area (Å²) in [4.78, 5) is 24.4. The molecule has 0 bridgehead atoms. The zero-order valence-corrected chi connectivity index (χ0v) is 16.7. The van der Waals surface area contributed by atoms with Crippen LogP contribution in [-0.4, -0.2) is 11.9 Å². The van der Waals surface area contributed by atoms with Crippen molar-refractivity contribution in [1.29, 1.82) is 5.26 Å². The third-order valence-electron chi connectivity index (χ3n) is 4.95. The van der Waals surface area contributed by atoms with E-state index in [1.807, 2.05) is 6.07 Å². The van der Waals surface area contributed by atoms with E-state index < -0.39 is 11.4 Å². The molecule has 1 N–H and O–H groups in total. The first-order chi connectivity index (χ1) is 13.4. The standard InChI is InChI=1S/C21H18Cl2N2O3/c1-13(26)28-19-7-5-16(10-14(19)12-24)25-20(27)21(8-2-3-9-21)17-6-4-15(22)11-18(17)23/h4-7,10-11H,2-3,8-9H2,1H3,(H,25,27). The molecule has 1 aliphatic rings. The lowest BCUT2D eigenvalue weighted by atomic mass is 9.78. The van der Waals surface area contributed by atoms with Gasteiger partial charge in [0.2, 0.25) is 5.91 Å². The van der Waals surface area contributed by atoms with Crippen molar-refractivity contribution in [3.8, 4) is 11.8 Å². The van der Waals surface area contributed by atoms with Crippen LogP contribution in [0.4, 0.5) is 5.69 Å². The Kier molecular flexibility index (Phi) is 5.93. The molecule has 0 saturated heterocycles. The second kappa shape index (κ2) is 8.22. The predicted molar refractivity (Wildman–Crippen MR) is 108 cm³/mol. The lowest BCUT2D eigenvalue weighted by Gasteiger charge is -2.29. The lowest BCUT2D eigenvalue weighted by molar-refractivity contribution is -0.132. The van der Waals surface area contributed by atoms with Gasteiger partial charge in [-0.3, -0.25) is 9.59 Å². The van der Waals surface area contributed by atoms with Gasteiger partial charge in [0.1, 0.15) is 11.8 Å². The molecule has 0 radical (unpaired) electrons. The summed E-state index contributed by atoms with van der Waals surface area (Å²) in [6.45, 7) is 1.26. The fourth-order valence-electron chi connectivity index (χ4n) is 3.66. The highest BCUT2D eigenvalue weighted by atomic mass is 35.5. The Balaban J connectivity index is 1.92. The van der Waals surface area contributed by atoms with Crippen molar-refractivity contribution in [3.63, 3.8) is 0 Å². The van der Waals surface area contributed by atoms with Crippen molar-refractivity contribution in [2.75, 3.05) is 5.32 Å². The van der Waals surface area contributed by atoms with Crippen LogP contribution in [0, 0.1) is 11.3 Å². The van der Waals surface area contributed by atoms with E-state index >= 15 is 0 Å². The predicted octanol–water partition coefficient (Wildman–Crippen LogP) is 5.24. The number of carbonyl (C=O) groups excluding carboxylic acids is 2. The van der Waals surface area contributed by atoms with Crippen LogP contribution in [0.15, 0.2) is 36.4 Å². The maximum atomic E-state index is 13.3. The number of hydrogen-bond donors (Lipinski definition) is 1. The van der Waals surface area contributed by atoms with Gasteiger partial charge >= 0.3 is 5.97 Å². The zero-order chi connectivity index (χ0) is 20.3. The lowest BCUT2D eigenvalue weighted by Crippen LogP contribution is -2.38. The highest BCUT2D eigenvalue weighted by Gasteiger charge is 2.44. The van der Waals surface area contributed by atoms with Gasteiger partial charge in [-0.2, -0.15) is 5.26 Å². The summed E-state index contributed by atoms with van der Waals surface area (Å²) >= 11 is 12.4. The number of esters is 1. The Morgan fingerprint density at radius 3 is 2.46 bits per heavy atom. The van der Waals surface area contributed by atoms with Gasteiger partial charge in [0, 0.05) is 22.7 Å². The Morgan fingerprint density at radius 2 is 1.86 bits per heavy atom. The van der Waals surface area contributed by atoms with E-state index in [2.05, 4.69) is 5.32 Å². The molecule has 1 amide bonds. The molecule has 3 rings (SSSR count). The molecule has 7 heteroatoms. The molecule has 5 nitrogen and oxygen atoms in total. The van der Waals surface area contributed by atoms with Gasteiger partial charge < -0.3 is 10.1 Å². The van der Waals surface area contributed by atoms with Crippen LogP contribution >= 0.6 is 23.2 Å². The van der Waals surface area contributed by atoms with Crippen molar-refractivity contribution >= 4 is 40.8 Å². The summed E-state index contributed by atoms with van der Waals surface area (Å²) in [5, 5.41) is 13.2. The number of nitrogens with one attached hydrogen (secondary N) is 1. The van der Waals surface area contributed by atoms with Crippen molar-refractivity contribution in [2.24, 2.45) is 0 Å². The van der Waals surface area contributed by atoms with E-state index in [1.165, 1.54) is 19.1 Å². The number of halogens is 2. The van der Waals surface area contributed by atoms with Crippen LogP contribution in [0.1, 0.15) is 43.7 Å². The third-order valence-corrected chi connectivity index (χ3v) is 5.50. The van der Waals surface area contributed by atoms with Crippen LogP contribution in [-0.2, 0) is 15.0 Å². The fourth-order valence-corrected chi connectivity index (χ4v) is 4.25. The highest BCUT2D eigenvalue weighted by molar-refractivity contribution is 6.35. The minimum atomic E-state index is -0.747. The smallest absolute Gasteiger partial charge is 0.308 e. The maximum Gasteiger partial charge on any atom is 0.308 e. The number of hydrogen-bond acceptors (Lipinski definition) is 4. The first kappa shape index (κ1) is 20.2. The molecule has 0 spiro atoms. The van der Waals surface area contributed by atoms with Gasteiger partial charge in [0.25, 0.3) is 0 Å². The van der Waals surface area contributed by atoms with E-state index in [0.717, 1.165) is 18.4 Å². The molecule has 0 unspecified atom stereocenters. The van der Waals surface area contributed by atoms with E-state index in [1.54, 1.807) is 24.3 Å². The molecule has 28 heavy (non-hydrogen) atoms. The van der Waals surface area contributed by atoms with Crippen molar-refractivity contribution in [1.82, 2.24) is 0 Å². The quantitative estimate of drug-likeness (QED) is 0.545. The van der Waals surface area contributed by atoms with Crippen LogP contribution in [0.2, 0.25) is 10.0 Å². The molecule has 0 aliphatic heterocycles. The highest BCUT2D eigenvalue weighted by Crippen LogP contribution is 2.45. The molecular formula is C21H18Cl2N2O3. The molecule has 0 atom stereocenters. The van der Waals surface area contributed by atoms with Gasteiger partial charge in [-0.05, 0) is 48.7 Å². The van der Waals surface area contributed by atoms with Gasteiger partial charge in [0.15, 0.2) is 0 Å². The summed E-state index contributed by atoms with van der Waals surface area (Å²) in [6.07, 6.45) is 3.19. The molecule has 1 saturated carbocycles. The minimum absolute atomic E-state index is 0.157. The topological polar surface area (TPSA) is 79.2 Å².